The van der Waals surface area contributed by atoms with E-state index in [1.165, 1.54) is 0 Å². The number of ether oxygens (including phenoxy) is 2. The van der Waals surface area contributed by atoms with Gasteiger partial charge in [0, 0.05) is 10.7 Å². The molecule has 2 aromatic carbocycles. The predicted molar refractivity (Wildman–Crippen MR) is 102 cm³/mol. The van der Waals surface area contributed by atoms with Crippen LogP contribution < -0.4 is 10.1 Å². The van der Waals surface area contributed by atoms with Crippen LogP contribution in [-0.4, -0.2) is 24.6 Å². The highest BCUT2D eigenvalue weighted by Crippen LogP contribution is 2.20. The molecule has 5 nitrogen and oxygen atoms in total. The van der Waals surface area contributed by atoms with E-state index in [0.717, 1.165) is 5.56 Å². The van der Waals surface area contributed by atoms with Crippen LogP contribution in [-0.2, 0) is 9.53 Å². The largest absolute Gasteiger partial charge is 0.481 e. The lowest BCUT2D eigenvalue weighted by Crippen LogP contribution is -2.32. The second-order valence-corrected chi connectivity index (χ2v) is 6.14. The lowest BCUT2D eigenvalue weighted by atomic mass is 10.1. The molecule has 0 fully saturated rings. The molecule has 0 aliphatic heterocycles. The van der Waals surface area contributed by atoms with Crippen LogP contribution in [0.25, 0.3) is 0 Å². The van der Waals surface area contributed by atoms with Crippen molar-refractivity contribution in [2.24, 2.45) is 0 Å². The zero-order valence-corrected chi connectivity index (χ0v) is 15.8. The summed E-state index contributed by atoms with van der Waals surface area (Å²) in [6, 6.07) is 11.9. The summed E-state index contributed by atoms with van der Waals surface area (Å²) in [5.74, 6) is -0.0637. The molecule has 0 aromatic heterocycles. The zero-order chi connectivity index (χ0) is 19.1. The first-order chi connectivity index (χ1) is 12.4. The molecule has 0 saturated heterocycles. The minimum atomic E-state index is -0.639. The molecule has 138 valence electrons. The quantitative estimate of drug-likeness (QED) is 0.717. The molecule has 6 heteroatoms. The van der Waals surface area contributed by atoms with Crippen molar-refractivity contribution in [2.45, 2.75) is 33.3 Å². The van der Waals surface area contributed by atoms with E-state index < -0.39 is 6.10 Å². The molecule has 0 heterocycles. The number of nitrogens with one attached hydrogen (secondary N) is 1. The third-order valence-electron chi connectivity index (χ3n) is 3.75. The summed E-state index contributed by atoms with van der Waals surface area (Å²) in [5.41, 5.74) is 1.85. The summed E-state index contributed by atoms with van der Waals surface area (Å²) < 4.78 is 10.7. The maximum atomic E-state index is 12.5. The van der Waals surface area contributed by atoms with Gasteiger partial charge in [0.25, 0.3) is 5.91 Å². The van der Waals surface area contributed by atoms with Crippen molar-refractivity contribution in [3.05, 3.63) is 58.6 Å². The van der Waals surface area contributed by atoms with Crippen LogP contribution in [0.15, 0.2) is 42.5 Å². The van der Waals surface area contributed by atoms with E-state index in [1.807, 2.05) is 13.8 Å². The molecule has 0 bridgehead atoms. The Bertz CT molecular complexity index is 774. The molecule has 2 aromatic rings. The van der Waals surface area contributed by atoms with E-state index in [2.05, 4.69) is 5.32 Å². The number of hydrogen-bond acceptors (Lipinski definition) is 4. The Hall–Kier alpha value is -2.53. The molecule has 1 amide bonds. The van der Waals surface area contributed by atoms with Crippen molar-refractivity contribution < 1.29 is 19.1 Å². The van der Waals surface area contributed by atoms with Crippen LogP contribution in [0, 0.1) is 6.92 Å². The van der Waals surface area contributed by atoms with Gasteiger partial charge in [-0.05, 0) is 68.3 Å². The summed E-state index contributed by atoms with van der Waals surface area (Å²) >= 11 is 5.86. The number of benzene rings is 2. The van der Waals surface area contributed by atoms with Gasteiger partial charge in [-0.2, -0.15) is 0 Å². The minimum Gasteiger partial charge on any atom is -0.481 e. The Labute approximate surface area is 158 Å². The van der Waals surface area contributed by atoms with Crippen LogP contribution >= 0.6 is 11.6 Å². The molecule has 0 radical (unpaired) electrons. The Kier molecular flexibility index (Phi) is 7.04. The van der Waals surface area contributed by atoms with Crippen molar-refractivity contribution in [3.63, 3.8) is 0 Å². The fourth-order valence-corrected chi connectivity index (χ4v) is 2.48. The number of rotatable bonds is 7. The van der Waals surface area contributed by atoms with Crippen LogP contribution in [0.5, 0.6) is 5.75 Å². The van der Waals surface area contributed by atoms with Gasteiger partial charge in [-0.25, -0.2) is 4.79 Å². The maximum absolute atomic E-state index is 12.5. The van der Waals surface area contributed by atoms with Gasteiger partial charge < -0.3 is 14.8 Å². The van der Waals surface area contributed by atoms with Crippen LogP contribution in [0.2, 0.25) is 5.02 Å². The van der Waals surface area contributed by atoms with E-state index >= 15 is 0 Å². The van der Waals surface area contributed by atoms with Gasteiger partial charge in [-0.15, -0.1) is 0 Å². The molecule has 0 aliphatic carbocycles. The van der Waals surface area contributed by atoms with Gasteiger partial charge in [0.05, 0.1) is 12.2 Å². The van der Waals surface area contributed by atoms with Crippen molar-refractivity contribution in [3.8, 4) is 5.75 Å². The standard InChI is InChI=1S/C20H22ClNO4/c1-4-18(26-16-9-7-15(21)8-10-16)19(23)22-17-11-6-14(12-13(17)3)20(24)25-5-2/h6-12,18H,4-5H2,1-3H3,(H,22,23). The molecule has 26 heavy (non-hydrogen) atoms. The third kappa shape index (κ3) is 5.23. The highest BCUT2D eigenvalue weighted by atomic mass is 35.5. The molecule has 2 rings (SSSR count). The summed E-state index contributed by atoms with van der Waals surface area (Å²) in [4.78, 5) is 24.3. The van der Waals surface area contributed by atoms with Crippen LogP contribution in [0.4, 0.5) is 5.69 Å². The maximum Gasteiger partial charge on any atom is 0.338 e. The number of esters is 1. The van der Waals surface area contributed by atoms with Gasteiger partial charge in [0.1, 0.15) is 5.75 Å². The Balaban J connectivity index is 2.07. The first-order valence-electron chi connectivity index (χ1n) is 8.45. The minimum absolute atomic E-state index is 0.255. The van der Waals surface area contributed by atoms with Crippen molar-refractivity contribution in [2.75, 3.05) is 11.9 Å². The van der Waals surface area contributed by atoms with E-state index in [4.69, 9.17) is 21.1 Å². The first-order valence-corrected chi connectivity index (χ1v) is 8.83. The lowest BCUT2D eigenvalue weighted by Gasteiger charge is -2.18. The van der Waals surface area contributed by atoms with Crippen molar-refractivity contribution >= 4 is 29.2 Å². The van der Waals surface area contributed by atoms with E-state index in [-0.39, 0.29) is 11.9 Å². The van der Waals surface area contributed by atoms with Crippen molar-refractivity contribution in [1.29, 1.82) is 0 Å². The fraction of sp³-hybridized carbons (Fsp3) is 0.300. The normalized spacial score (nSPS) is 11.5. The third-order valence-corrected chi connectivity index (χ3v) is 4.00. The number of amides is 1. The molecule has 1 atom stereocenters. The summed E-state index contributed by atoms with van der Waals surface area (Å²) in [5, 5.41) is 3.45. The van der Waals surface area contributed by atoms with Gasteiger partial charge >= 0.3 is 5.97 Å². The zero-order valence-electron chi connectivity index (χ0n) is 15.0. The Morgan fingerprint density at radius 2 is 1.81 bits per heavy atom. The molecule has 0 aliphatic rings. The topological polar surface area (TPSA) is 64.6 Å². The van der Waals surface area contributed by atoms with Gasteiger partial charge in [0.2, 0.25) is 0 Å². The second kappa shape index (κ2) is 9.25. The molecule has 0 spiro atoms. The SMILES string of the molecule is CCOC(=O)c1ccc(NC(=O)C(CC)Oc2ccc(Cl)cc2)c(C)c1. The average Bonchev–Trinajstić information content (AvgIpc) is 2.63. The Morgan fingerprint density at radius 3 is 2.38 bits per heavy atom. The monoisotopic (exact) mass is 375 g/mol. The average molecular weight is 376 g/mol. The van der Waals surface area contributed by atoms with Crippen molar-refractivity contribution in [1.82, 2.24) is 0 Å². The van der Waals surface area contributed by atoms with Gasteiger partial charge in [-0.3, -0.25) is 4.79 Å². The summed E-state index contributed by atoms with van der Waals surface area (Å²) in [6.07, 6.45) is -0.130. The summed E-state index contributed by atoms with van der Waals surface area (Å²) in [6.45, 7) is 5.76. The number of aryl methyl sites for hydroxylation is 1. The number of halogens is 1. The number of carbonyl (C=O) groups is 2. The van der Waals surface area contributed by atoms with Gasteiger partial charge in [0.15, 0.2) is 6.10 Å². The van der Waals surface area contributed by atoms with E-state index in [0.29, 0.717) is 35.1 Å². The molecule has 1 unspecified atom stereocenters. The molecular weight excluding hydrogens is 354 g/mol. The van der Waals surface area contributed by atoms with E-state index in [9.17, 15) is 9.59 Å². The number of carbonyl (C=O) groups excluding carboxylic acids is 2. The van der Waals surface area contributed by atoms with E-state index in [1.54, 1.807) is 49.4 Å². The molecule has 1 N–H and O–H groups in total. The highest BCUT2D eigenvalue weighted by molar-refractivity contribution is 6.30. The highest BCUT2D eigenvalue weighted by Gasteiger charge is 2.19. The number of hydrogen-bond donors (Lipinski definition) is 1. The first kappa shape index (κ1) is 19.8. The predicted octanol–water partition coefficient (Wildman–Crippen LogP) is 4.62. The lowest BCUT2D eigenvalue weighted by molar-refractivity contribution is -0.122. The molecule has 0 saturated carbocycles. The smallest absolute Gasteiger partial charge is 0.338 e. The molecular formula is C20H22ClNO4. The number of anilines is 1. The van der Waals surface area contributed by atoms with Gasteiger partial charge in [-0.1, -0.05) is 18.5 Å². The van der Waals surface area contributed by atoms with Crippen LogP contribution in [0.1, 0.15) is 36.2 Å². The Morgan fingerprint density at radius 1 is 1.12 bits per heavy atom. The fourth-order valence-electron chi connectivity index (χ4n) is 2.36. The van der Waals surface area contributed by atoms with Crippen LogP contribution in [0.3, 0.4) is 0 Å². The second-order valence-electron chi connectivity index (χ2n) is 5.71. The summed E-state index contributed by atoms with van der Waals surface area (Å²) in [7, 11) is 0.